The van der Waals surface area contributed by atoms with E-state index in [1.165, 1.54) is 36.4 Å². The molecule has 1 atom stereocenters. The number of nitrogens with one attached hydrogen (secondary N) is 1. The molecule has 1 saturated heterocycles. The Morgan fingerprint density at radius 2 is 1.74 bits per heavy atom. The van der Waals surface area contributed by atoms with E-state index in [9.17, 15) is 18.8 Å². The third-order valence-corrected chi connectivity index (χ3v) is 4.49. The number of carbonyl (C=O) groups is 2. The van der Waals surface area contributed by atoms with E-state index >= 15 is 0 Å². The second-order valence-electron chi connectivity index (χ2n) is 6.53. The van der Waals surface area contributed by atoms with Crippen LogP contribution in [0.25, 0.3) is 5.69 Å². The molecule has 2 heterocycles. The van der Waals surface area contributed by atoms with Gasteiger partial charge in [0, 0.05) is 19.2 Å². The zero-order valence-electron chi connectivity index (χ0n) is 15.0. The van der Waals surface area contributed by atoms with E-state index in [1.54, 1.807) is 11.8 Å². The molecule has 2 aromatic rings. The van der Waals surface area contributed by atoms with Crippen LogP contribution in [0.5, 0.6) is 0 Å². The standard InChI is InChI=1S/C19H21FN4O3/c1-13(19(27)23-11-3-2-4-12-23)21-18(26)16-9-10-17(25)24(22-16)15-7-5-14(20)6-8-15/h5-10,13H,2-4,11-12H2,1H3,(H,21,26)/t13-/m0/s1. The normalized spacial score (nSPS) is 15.3. The highest BCUT2D eigenvalue weighted by Crippen LogP contribution is 2.10. The SMILES string of the molecule is C[C@H](NC(=O)c1ccc(=O)n(-c2ccc(F)cc2)n1)C(=O)N1CCCCC1. The van der Waals surface area contributed by atoms with Crippen LogP contribution >= 0.6 is 0 Å². The summed E-state index contributed by atoms with van der Waals surface area (Å²) in [6, 6.07) is 7.02. The Bertz CT molecular complexity index is 889. The van der Waals surface area contributed by atoms with Crippen LogP contribution in [0.4, 0.5) is 4.39 Å². The summed E-state index contributed by atoms with van der Waals surface area (Å²) in [5.41, 5.74) is -0.110. The van der Waals surface area contributed by atoms with Crippen LogP contribution < -0.4 is 10.9 Å². The minimum Gasteiger partial charge on any atom is -0.341 e. The highest BCUT2D eigenvalue weighted by atomic mass is 19.1. The van der Waals surface area contributed by atoms with Gasteiger partial charge in [0.1, 0.15) is 17.6 Å². The van der Waals surface area contributed by atoms with Crippen LogP contribution in [0.3, 0.4) is 0 Å². The Hall–Kier alpha value is -3.03. The molecule has 1 aromatic heterocycles. The summed E-state index contributed by atoms with van der Waals surface area (Å²) in [5, 5.41) is 6.67. The summed E-state index contributed by atoms with van der Waals surface area (Å²) in [7, 11) is 0. The van der Waals surface area contributed by atoms with Crippen molar-refractivity contribution in [2.45, 2.75) is 32.2 Å². The minimum atomic E-state index is -0.691. The first-order valence-corrected chi connectivity index (χ1v) is 8.91. The van der Waals surface area contributed by atoms with Crippen molar-refractivity contribution < 1.29 is 14.0 Å². The van der Waals surface area contributed by atoms with Crippen molar-refractivity contribution in [3.63, 3.8) is 0 Å². The second kappa shape index (κ2) is 8.11. The molecule has 0 bridgehead atoms. The highest BCUT2D eigenvalue weighted by Gasteiger charge is 2.24. The Kier molecular flexibility index (Phi) is 5.63. The quantitative estimate of drug-likeness (QED) is 0.882. The van der Waals surface area contributed by atoms with Crippen molar-refractivity contribution in [2.24, 2.45) is 0 Å². The van der Waals surface area contributed by atoms with Crippen LogP contribution in [0.15, 0.2) is 41.2 Å². The van der Waals surface area contributed by atoms with Crippen LogP contribution in [0.1, 0.15) is 36.7 Å². The van der Waals surface area contributed by atoms with Gasteiger partial charge < -0.3 is 10.2 Å². The molecular formula is C19H21FN4O3. The lowest BCUT2D eigenvalue weighted by Gasteiger charge is -2.29. The van der Waals surface area contributed by atoms with Crippen LogP contribution in [-0.4, -0.2) is 45.6 Å². The maximum Gasteiger partial charge on any atom is 0.272 e. The first kappa shape index (κ1) is 18.8. The van der Waals surface area contributed by atoms with Gasteiger partial charge in [-0.1, -0.05) is 0 Å². The number of hydrogen-bond donors (Lipinski definition) is 1. The van der Waals surface area contributed by atoms with Crippen molar-refractivity contribution in [1.29, 1.82) is 0 Å². The molecule has 1 aliphatic rings. The molecule has 0 saturated carbocycles. The van der Waals surface area contributed by atoms with Crippen molar-refractivity contribution in [3.05, 3.63) is 58.3 Å². The van der Waals surface area contributed by atoms with E-state index in [0.717, 1.165) is 23.9 Å². The fourth-order valence-electron chi connectivity index (χ4n) is 3.02. The molecule has 0 unspecified atom stereocenters. The van der Waals surface area contributed by atoms with E-state index in [4.69, 9.17) is 0 Å². The van der Waals surface area contributed by atoms with Crippen LogP contribution in [0, 0.1) is 5.82 Å². The van der Waals surface area contributed by atoms with Gasteiger partial charge in [0.2, 0.25) is 5.91 Å². The molecule has 0 spiro atoms. The Labute approximate surface area is 155 Å². The minimum absolute atomic E-state index is 0.00257. The number of likely N-dealkylation sites (tertiary alicyclic amines) is 1. The molecule has 0 aliphatic carbocycles. The molecule has 1 fully saturated rings. The van der Waals surface area contributed by atoms with Gasteiger partial charge >= 0.3 is 0 Å². The summed E-state index contributed by atoms with van der Waals surface area (Å²) in [5.74, 6) is -1.12. The van der Waals surface area contributed by atoms with Gasteiger partial charge in [-0.2, -0.15) is 9.78 Å². The second-order valence-corrected chi connectivity index (χ2v) is 6.53. The Morgan fingerprint density at radius 1 is 1.07 bits per heavy atom. The molecule has 2 amide bonds. The van der Waals surface area contributed by atoms with E-state index in [0.29, 0.717) is 18.8 Å². The number of aromatic nitrogens is 2. The maximum atomic E-state index is 13.1. The summed E-state index contributed by atoms with van der Waals surface area (Å²) < 4.78 is 14.1. The van der Waals surface area contributed by atoms with Gasteiger partial charge in [-0.3, -0.25) is 14.4 Å². The van der Waals surface area contributed by atoms with Gasteiger partial charge in [-0.15, -0.1) is 0 Å². The number of benzene rings is 1. The number of amides is 2. The summed E-state index contributed by atoms with van der Waals surface area (Å²) in [4.78, 5) is 38.7. The molecule has 1 N–H and O–H groups in total. The summed E-state index contributed by atoms with van der Waals surface area (Å²) >= 11 is 0. The zero-order valence-corrected chi connectivity index (χ0v) is 15.0. The van der Waals surface area contributed by atoms with E-state index < -0.39 is 23.3 Å². The van der Waals surface area contributed by atoms with Gasteiger partial charge in [0.05, 0.1) is 5.69 Å². The lowest BCUT2D eigenvalue weighted by atomic mass is 10.1. The average Bonchev–Trinajstić information content (AvgIpc) is 2.69. The summed E-state index contributed by atoms with van der Waals surface area (Å²) in [6.07, 6.45) is 3.05. The van der Waals surface area contributed by atoms with Crippen LogP contribution in [-0.2, 0) is 4.79 Å². The molecule has 7 nitrogen and oxygen atoms in total. The van der Waals surface area contributed by atoms with E-state index in [-0.39, 0.29) is 11.6 Å². The monoisotopic (exact) mass is 372 g/mol. The molecule has 27 heavy (non-hydrogen) atoms. The van der Waals surface area contributed by atoms with Gasteiger partial charge in [-0.05, 0) is 56.5 Å². The third kappa shape index (κ3) is 4.39. The first-order chi connectivity index (χ1) is 13.0. The topological polar surface area (TPSA) is 84.3 Å². The smallest absolute Gasteiger partial charge is 0.272 e. The van der Waals surface area contributed by atoms with Gasteiger partial charge in [0.15, 0.2) is 0 Å². The fraction of sp³-hybridized carbons (Fsp3) is 0.368. The average molecular weight is 372 g/mol. The van der Waals surface area contributed by atoms with Crippen molar-refractivity contribution in [1.82, 2.24) is 20.0 Å². The number of carbonyl (C=O) groups excluding carboxylic acids is 2. The predicted molar refractivity (Wildman–Crippen MR) is 97.2 cm³/mol. The van der Waals surface area contributed by atoms with Crippen molar-refractivity contribution in [3.8, 4) is 5.69 Å². The highest BCUT2D eigenvalue weighted by molar-refractivity contribution is 5.95. The number of hydrogen-bond acceptors (Lipinski definition) is 4. The number of halogens is 1. The zero-order chi connectivity index (χ0) is 19.4. The van der Waals surface area contributed by atoms with Crippen molar-refractivity contribution in [2.75, 3.05) is 13.1 Å². The number of piperidine rings is 1. The number of rotatable bonds is 4. The Morgan fingerprint density at radius 3 is 2.41 bits per heavy atom. The molecule has 142 valence electrons. The van der Waals surface area contributed by atoms with Crippen LogP contribution in [0.2, 0.25) is 0 Å². The third-order valence-electron chi connectivity index (χ3n) is 4.49. The van der Waals surface area contributed by atoms with Gasteiger partial charge in [-0.25, -0.2) is 4.39 Å². The molecule has 8 heteroatoms. The molecule has 1 aromatic carbocycles. The molecule has 3 rings (SSSR count). The summed E-state index contributed by atoms with van der Waals surface area (Å²) in [6.45, 7) is 3.03. The fourth-order valence-corrected chi connectivity index (χ4v) is 3.02. The van der Waals surface area contributed by atoms with E-state index in [1.807, 2.05) is 0 Å². The van der Waals surface area contributed by atoms with Gasteiger partial charge in [0.25, 0.3) is 11.5 Å². The lowest BCUT2D eigenvalue weighted by molar-refractivity contribution is -0.133. The van der Waals surface area contributed by atoms with Crippen molar-refractivity contribution >= 4 is 11.8 Å². The molecule has 0 radical (unpaired) electrons. The molecule has 1 aliphatic heterocycles. The first-order valence-electron chi connectivity index (χ1n) is 8.91. The molecular weight excluding hydrogens is 351 g/mol. The Balaban J connectivity index is 1.74. The number of nitrogens with zero attached hydrogens (tertiary/aromatic N) is 3. The predicted octanol–water partition coefficient (Wildman–Crippen LogP) is 1.50. The largest absolute Gasteiger partial charge is 0.341 e. The van der Waals surface area contributed by atoms with E-state index in [2.05, 4.69) is 10.4 Å². The lowest BCUT2D eigenvalue weighted by Crippen LogP contribution is -2.48. The maximum absolute atomic E-state index is 13.1.